The van der Waals surface area contributed by atoms with Crippen molar-refractivity contribution in [1.82, 2.24) is 4.98 Å². The molecule has 0 fully saturated rings. The molecule has 19 heavy (non-hydrogen) atoms. The predicted octanol–water partition coefficient (Wildman–Crippen LogP) is 3.51. The lowest BCUT2D eigenvalue weighted by atomic mass is 10.3. The van der Waals surface area contributed by atoms with Crippen molar-refractivity contribution >= 4 is 34.0 Å². The number of ether oxygens (including phenoxy) is 1. The molecule has 0 aliphatic heterocycles. The number of benzene rings is 1. The fourth-order valence-corrected chi connectivity index (χ4v) is 2.21. The Bertz CT molecular complexity index is 568. The van der Waals surface area contributed by atoms with Gasteiger partial charge in [-0.25, -0.2) is 4.98 Å². The first-order valence-electron chi connectivity index (χ1n) is 5.70. The molecule has 1 N–H and O–H groups in total. The lowest BCUT2D eigenvalue weighted by Gasteiger charge is -2.13. The molecule has 0 radical (unpaired) electrons. The van der Waals surface area contributed by atoms with Crippen molar-refractivity contribution in [3.05, 3.63) is 40.4 Å². The van der Waals surface area contributed by atoms with Crippen LogP contribution in [0.5, 0.6) is 5.75 Å². The van der Waals surface area contributed by atoms with Crippen LogP contribution in [0.25, 0.3) is 0 Å². The molecule has 0 saturated carbocycles. The highest BCUT2D eigenvalue weighted by molar-refractivity contribution is 7.13. The maximum absolute atomic E-state index is 11.9. The number of nitrogens with one attached hydrogen (secondary N) is 1. The Morgan fingerprint density at radius 3 is 2.68 bits per heavy atom. The Balaban J connectivity index is 1.94. The molecular weight excluding hydrogens is 284 g/mol. The van der Waals surface area contributed by atoms with E-state index in [2.05, 4.69) is 10.3 Å². The van der Waals surface area contributed by atoms with Gasteiger partial charge >= 0.3 is 0 Å². The van der Waals surface area contributed by atoms with E-state index < -0.39 is 6.10 Å². The molecule has 1 heterocycles. The summed E-state index contributed by atoms with van der Waals surface area (Å²) >= 11 is 7.17. The van der Waals surface area contributed by atoms with Crippen LogP contribution in [0, 0.1) is 6.92 Å². The van der Waals surface area contributed by atoms with Crippen molar-refractivity contribution in [1.29, 1.82) is 0 Å². The van der Waals surface area contributed by atoms with Crippen LogP contribution in [0.2, 0.25) is 5.02 Å². The lowest BCUT2D eigenvalue weighted by Crippen LogP contribution is -2.30. The number of carbonyl (C=O) groups excluding carboxylic acids is 1. The lowest BCUT2D eigenvalue weighted by molar-refractivity contribution is -0.122. The summed E-state index contributed by atoms with van der Waals surface area (Å²) in [5.41, 5.74) is 0.881. The van der Waals surface area contributed by atoms with Gasteiger partial charge in [0.05, 0.1) is 5.69 Å². The highest BCUT2D eigenvalue weighted by Crippen LogP contribution is 2.18. The first-order valence-corrected chi connectivity index (χ1v) is 6.95. The standard InChI is InChI=1S/C13H13ClN2O2S/c1-8-7-19-13(15-8)16-12(17)9(2)18-11-5-3-10(14)4-6-11/h3-7,9H,1-2H3,(H,15,16,17)/t9-/m1/s1. The van der Waals surface area contributed by atoms with Crippen LogP contribution in [0.15, 0.2) is 29.6 Å². The summed E-state index contributed by atoms with van der Waals surface area (Å²) in [6.07, 6.45) is -0.606. The summed E-state index contributed by atoms with van der Waals surface area (Å²) in [6, 6.07) is 6.87. The normalized spacial score (nSPS) is 11.9. The van der Waals surface area contributed by atoms with E-state index in [9.17, 15) is 4.79 Å². The number of hydrogen-bond acceptors (Lipinski definition) is 4. The Morgan fingerprint density at radius 2 is 2.11 bits per heavy atom. The number of aryl methyl sites for hydroxylation is 1. The molecule has 2 aromatic rings. The SMILES string of the molecule is Cc1csc(NC(=O)[C@@H](C)Oc2ccc(Cl)cc2)n1. The zero-order valence-electron chi connectivity index (χ0n) is 10.5. The Morgan fingerprint density at radius 1 is 1.42 bits per heavy atom. The quantitative estimate of drug-likeness (QED) is 0.939. The molecule has 0 spiro atoms. The summed E-state index contributed by atoms with van der Waals surface area (Å²) in [7, 11) is 0. The van der Waals surface area contributed by atoms with Gasteiger partial charge in [0, 0.05) is 10.4 Å². The van der Waals surface area contributed by atoms with Crippen molar-refractivity contribution in [2.75, 3.05) is 5.32 Å². The fraction of sp³-hybridized carbons (Fsp3) is 0.231. The van der Waals surface area contributed by atoms with Crippen molar-refractivity contribution in [3.8, 4) is 5.75 Å². The van der Waals surface area contributed by atoms with Crippen LogP contribution >= 0.6 is 22.9 Å². The van der Waals surface area contributed by atoms with Gasteiger partial charge in [0.15, 0.2) is 11.2 Å². The molecule has 1 atom stereocenters. The van der Waals surface area contributed by atoms with Crippen LogP contribution in [0.3, 0.4) is 0 Å². The molecule has 0 saturated heterocycles. The van der Waals surface area contributed by atoms with Crippen LogP contribution in [0.4, 0.5) is 5.13 Å². The monoisotopic (exact) mass is 296 g/mol. The molecule has 6 heteroatoms. The number of rotatable bonds is 4. The van der Waals surface area contributed by atoms with Crippen LogP contribution < -0.4 is 10.1 Å². The zero-order chi connectivity index (χ0) is 13.8. The van der Waals surface area contributed by atoms with Crippen molar-refractivity contribution in [2.45, 2.75) is 20.0 Å². The maximum atomic E-state index is 11.9. The second kappa shape index (κ2) is 6.04. The summed E-state index contributed by atoms with van der Waals surface area (Å²) in [4.78, 5) is 16.1. The van der Waals surface area contributed by atoms with E-state index in [0.29, 0.717) is 15.9 Å². The third kappa shape index (κ3) is 3.94. The molecule has 100 valence electrons. The van der Waals surface area contributed by atoms with Crippen LogP contribution in [-0.2, 0) is 4.79 Å². The van der Waals surface area contributed by atoms with Gasteiger partial charge in [-0.3, -0.25) is 10.1 Å². The molecule has 4 nitrogen and oxygen atoms in total. The first-order chi connectivity index (χ1) is 9.04. The minimum atomic E-state index is -0.606. The highest BCUT2D eigenvalue weighted by atomic mass is 35.5. The number of thiazole rings is 1. The second-order valence-corrected chi connectivity index (χ2v) is 5.29. The maximum Gasteiger partial charge on any atom is 0.266 e. The number of nitrogens with zero attached hydrogens (tertiary/aromatic N) is 1. The zero-order valence-corrected chi connectivity index (χ0v) is 12.1. The van der Waals surface area contributed by atoms with Gasteiger partial charge in [-0.15, -0.1) is 11.3 Å². The van der Waals surface area contributed by atoms with E-state index >= 15 is 0 Å². The van der Waals surface area contributed by atoms with Gasteiger partial charge in [0.2, 0.25) is 0 Å². The van der Waals surface area contributed by atoms with Gasteiger partial charge in [-0.05, 0) is 38.1 Å². The largest absolute Gasteiger partial charge is 0.481 e. The average Bonchev–Trinajstić information content (AvgIpc) is 2.77. The molecule has 1 aromatic heterocycles. The summed E-state index contributed by atoms with van der Waals surface area (Å²) < 4.78 is 5.52. The van der Waals surface area contributed by atoms with Gasteiger partial charge in [0.1, 0.15) is 5.75 Å². The third-order valence-electron chi connectivity index (χ3n) is 2.34. The summed E-state index contributed by atoms with van der Waals surface area (Å²) in [5.74, 6) is 0.367. The molecule has 0 aliphatic carbocycles. The number of aromatic nitrogens is 1. The van der Waals surface area contributed by atoms with Gasteiger partial charge in [-0.1, -0.05) is 11.6 Å². The number of anilines is 1. The molecule has 0 bridgehead atoms. The second-order valence-electron chi connectivity index (χ2n) is 4.00. The van der Waals surface area contributed by atoms with E-state index in [1.807, 2.05) is 12.3 Å². The summed E-state index contributed by atoms with van der Waals surface area (Å²) in [5, 5.41) is 5.79. The van der Waals surface area contributed by atoms with E-state index in [1.165, 1.54) is 11.3 Å². The minimum Gasteiger partial charge on any atom is -0.481 e. The van der Waals surface area contributed by atoms with E-state index in [1.54, 1.807) is 31.2 Å². The molecular formula is C13H13ClN2O2S. The Labute approximate surface area is 120 Å². The molecule has 2 rings (SSSR count). The van der Waals surface area contributed by atoms with Gasteiger partial charge < -0.3 is 4.74 Å². The molecule has 0 unspecified atom stereocenters. The third-order valence-corrected chi connectivity index (χ3v) is 3.47. The molecule has 0 aliphatic rings. The highest BCUT2D eigenvalue weighted by Gasteiger charge is 2.16. The summed E-state index contributed by atoms with van der Waals surface area (Å²) in [6.45, 7) is 3.56. The Hall–Kier alpha value is -1.59. The predicted molar refractivity (Wildman–Crippen MR) is 77.0 cm³/mol. The van der Waals surface area contributed by atoms with Crippen molar-refractivity contribution < 1.29 is 9.53 Å². The number of halogens is 1. The van der Waals surface area contributed by atoms with Crippen molar-refractivity contribution in [3.63, 3.8) is 0 Å². The first kappa shape index (κ1) is 13.8. The van der Waals surface area contributed by atoms with Gasteiger partial charge in [-0.2, -0.15) is 0 Å². The Kier molecular flexibility index (Phi) is 4.39. The van der Waals surface area contributed by atoms with Gasteiger partial charge in [0.25, 0.3) is 5.91 Å². The van der Waals surface area contributed by atoms with E-state index in [4.69, 9.17) is 16.3 Å². The van der Waals surface area contributed by atoms with Crippen molar-refractivity contribution in [2.24, 2.45) is 0 Å². The number of hydrogen-bond donors (Lipinski definition) is 1. The minimum absolute atomic E-state index is 0.232. The van der Waals surface area contributed by atoms with Crippen LogP contribution in [0.1, 0.15) is 12.6 Å². The van der Waals surface area contributed by atoms with E-state index in [-0.39, 0.29) is 5.91 Å². The smallest absolute Gasteiger partial charge is 0.266 e. The number of amides is 1. The topological polar surface area (TPSA) is 51.2 Å². The van der Waals surface area contributed by atoms with Crippen LogP contribution in [-0.4, -0.2) is 17.0 Å². The average molecular weight is 297 g/mol. The fourth-order valence-electron chi connectivity index (χ4n) is 1.39. The molecule has 1 aromatic carbocycles. The number of carbonyl (C=O) groups is 1. The molecule has 1 amide bonds. The van der Waals surface area contributed by atoms with E-state index in [0.717, 1.165) is 5.69 Å².